The predicted octanol–water partition coefficient (Wildman–Crippen LogP) is 2.99. The van der Waals surface area contributed by atoms with Crippen LogP contribution in [0, 0.1) is 0 Å². The molecular formula is C4H10Cl3F3Si2. The van der Waals surface area contributed by atoms with Gasteiger partial charge in [0.15, 0.2) is 0 Å². The maximum atomic E-state index is 11.5. The number of hydrogen-bond donors (Lipinski definition) is 0. The van der Waals surface area contributed by atoms with E-state index in [0.717, 1.165) is 9.55 Å². The van der Waals surface area contributed by atoms with Crippen LogP contribution in [0.5, 0.6) is 0 Å². The lowest BCUT2D eigenvalue weighted by molar-refractivity contribution is -0.130. The fraction of sp³-hybridized carbons (Fsp3) is 1.00. The van der Waals surface area contributed by atoms with E-state index in [2.05, 4.69) is 0 Å². The first-order valence-electron chi connectivity index (χ1n) is 3.03. The Bertz CT molecular complexity index is 97.1. The maximum Gasteiger partial charge on any atom is 0.388 e. The summed E-state index contributed by atoms with van der Waals surface area (Å²) in [6.07, 6.45) is -5.00. The van der Waals surface area contributed by atoms with Gasteiger partial charge in [-0.1, -0.05) is 0 Å². The van der Waals surface area contributed by atoms with E-state index in [-0.39, 0.29) is 6.04 Å². The van der Waals surface area contributed by atoms with Gasteiger partial charge in [-0.2, -0.15) is 24.3 Å². The molecule has 0 fully saturated rings. The van der Waals surface area contributed by atoms with Gasteiger partial charge in [0.25, 0.3) is 0 Å². The molecule has 0 rings (SSSR count). The normalized spacial score (nSPS) is 12.2. The first-order chi connectivity index (χ1) is 5.21. The summed E-state index contributed by atoms with van der Waals surface area (Å²) in [7, 11) is 0.778. The van der Waals surface area contributed by atoms with Gasteiger partial charge < -0.3 is 0 Å². The lowest BCUT2D eigenvalue weighted by atomic mass is 10.5. The average molecular weight is 278 g/mol. The molecule has 0 aromatic carbocycles. The monoisotopic (exact) mass is 276 g/mol. The van der Waals surface area contributed by atoms with Crippen molar-refractivity contribution >= 4 is 49.5 Å². The van der Waals surface area contributed by atoms with Gasteiger partial charge in [-0.05, 0) is 12.6 Å². The van der Waals surface area contributed by atoms with Gasteiger partial charge in [0, 0.05) is 6.42 Å². The van der Waals surface area contributed by atoms with E-state index >= 15 is 0 Å². The molecule has 76 valence electrons. The number of alkyl halides is 3. The smallest absolute Gasteiger partial charge is 0.181 e. The first kappa shape index (κ1) is 15.6. The van der Waals surface area contributed by atoms with Crippen molar-refractivity contribution in [1.82, 2.24) is 0 Å². The third kappa shape index (κ3) is 17.3. The second-order valence-corrected chi connectivity index (χ2v) is 10.4. The molecule has 0 amide bonds. The van der Waals surface area contributed by atoms with Crippen molar-refractivity contribution < 1.29 is 13.2 Å². The van der Waals surface area contributed by atoms with E-state index in [1.165, 1.54) is 6.55 Å². The predicted molar refractivity (Wildman–Crippen MR) is 54.6 cm³/mol. The molecule has 0 nitrogen and oxygen atoms in total. The third-order valence-electron chi connectivity index (χ3n) is 0.847. The van der Waals surface area contributed by atoms with Gasteiger partial charge in [0.05, 0.1) is 0 Å². The number of hydrogen-bond acceptors (Lipinski definition) is 0. The topological polar surface area (TPSA) is 0 Å². The Balaban J connectivity index is 0. The molecule has 0 heterocycles. The molecule has 0 bridgehead atoms. The van der Waals surface area contributed by atoms with Crippen molar-refractivity contribution in [2.45, 2.75) is 25.2 Å². The summed E-state index contributed by atoms with van der Waals surface area (Å²) < 4.78 is 34.5. The molecule has 12 heavy (non-hydrogen) atoms. The largest absolute Gasteiger partial charge is 0.388 e. The summed E-state index contributed by atoms with van der Waals surface area (Å²) in [5.74, 6) is 0. The van der Waals surface area contributed by atoms with E-state index in [1.807, 2.05) is 0 Å². The minimum Gasteiger partial charge on any atom is -0.181 e. The fourth-order valence-electron chi connectivity index (χ4n) is 0.361. The molecule has 0 saturated carbocycles. The molecule has 0 aliphatic heterocycles. The van der Waals surface area contributed by atoms with Gasteiger partial charge >= 0.3 is 6.18 Å². The Morgan fingerprint density at radius 1 is 1.25 bits per heavy atom. The van der Waals surface area contributed by atoms with E-state index in [0.29, 0.717) is 0 Å². The first-order valence-corrected chi connectivity index (χ1v) is 10.8. The van der Waals surface area contributed by atoms with Crippen LogP contribution in [-0.2, 0) is 0 Å². The maximum absolute atomic E-state index is 11.5. The molecule has 0 radical (unpaired) electrons. The van der Waals surface area contributed by atoms with Crippen LogP contribution in [0.3, 0.4) is 0 Å². The van der Waals surface area contributed by atoms with Gasteiger partial charge in [0.2, 0.25) is 6.69 Å². The van der Waals surface area contributed by atoms with Crippen LogP contribution in [0.2, 0.25) is 12.6 Å². The minimum atomic E-state index is -4.13. The molecule has 8 heteroatoms. The van der Waals surface area contributed by atoms with Crippen molar-refractivity contribution in [3.63, 3.8) is 0 Å². The van der Waals surface area contributed by atoms with E-state index in [1.54, 1.807) is 0 Å². The number of halogens is 6. The molecule has 0 aliphatic carbocycles. The van der Waals surface area contributed by atoms with Crippen LogP contribution in [0.4, 0.5) is 13.2 Å². The summed E-state index contributed by atoms with van der Waals surface area (Å²) in [6.45, 7) is -1.07. The van der Waals surface area contributed by atoms with Crippen LogP contribution in [0.25, 0.3) is 0 Å². The Hall–Kier alpha value is 1.09. The van der Waals surface area contributed by atoms with Crippen LogP contribution >= 0.6 is 33.2 Å². The number of rotatable bonds is 2. The molecule has 0 N–H and O–H groups in total. The van der Waals surface area contributed by atoms with Crippen molar-refractivity contribution in [3.05, 3.63) is 0 Å². The van der Waals surface area contributed by atoms with Crippen molar-refractivity contribution in [2.24, 2.45) is 0 Å². The molecular weight excluding hydrogens is 268 g/mol. The minimum absolute atomic E-state index is 0.125. The second-order valence-electron chi connectivity index (χ2n) is 2.19. The Kier molecular flexibility index (Phi) is 8.47. The summed E-state index contributed by atoms with van der Waals surface area (Å²) in [4.78, 5) is 0. The third-order valence-corrected chi connectivity index (χ3v) is 3.11. The van der Waals surface area contributed by atoms with E-state index < -0.39 is 19.3 Å². The molecule has 0 spiro atoms. The standard InChI is InChI=1S/C4H7Cl2F3Si.ClH3Si/c1-10(5,6)3-2-4(7,8)9;1-2/h2-3H2,1H3;2H3. The summed E-state index contributed by atoms with van der Waals surface area (Å²) in [5.41, 5.74) is 0. The van der Waals surface area contributed by atoms with E-state index in [9.17, 15) is 13.2 Å². The Morgan fingerprint density at radius 2 is 1.58 bits per heavy atom. The zero-order valence-corrected chi connectivity index (χ0v) is 11.9. The van der Waals surface area contributed by atoms with Gasteiger partial charge in [-0.15, -0.1) is 22.2 Å². The summed E-state index contributed by atoms with van der Waals surface area (Å²) in [5, 5.41) is 0. The van der Waals surface area contributed by atoms with Crippen molar-refractivity contribution in [3.8, 4) is 0 Å². The van der Waals surface area contributed by atoms with Crippen molar-refractivity contribution in [1.29, 1.82) is 0 Å². The second kappa shape index (κ2) is 6.53. The van der Waals surface area contributed by atoms with Crippen LogP contribution in [0.15, 0.2) is 0 Å². The fourth-order valence-corrected chi connectivity index (χ4v) is 1.65. The zero-order valence-electron chi connectivity index (χ0n) is 6.68. The molecule has 0 saturated heterocycles. The highest BCUT2D eigenvalue weighted by Crippen LogP contribution is 2.29. The van der Waals surface area contributed by atoms with Crippen LogP contribution < -0.4 is 0 Å². The Labute approximate surface area is 87.9 Å². The lowest BCUT2D eigenvalue weighted by Crippen LogP contribution is -2.17. The van der Waals surface area contributed by atoms with Crippen LogP contribution in [-0.4, -0.2) is 22.4 Å². The molecule has 0 aromatic heterocycles. The summed E-state index contributed by atoms with van der Waals surface area (Å²) >= 11 is 15.7. The average Bonchev–Trinajstić information content (AvgIpc) is 1.86. The SMILES string of the molecule is C[Si](Cl)(Cl)CCC(F)(F)F.[SiH3]Cl. The van der Waals surface area contributed by atoms with Gasteiger partial charge in [-0.3, -0.25) is 0 Å². The lowest BCUT2D eigenvalue weighted by Gasteiger charge is -2.11. The highest BCUT2D eigenvalue weighted by molar-refractivity contribution is 7.44. The zero-order chi connectivity index (χ0) is 10.4. The van der Waals surface area contributed by atoms with Crippen molar-refractivity contribution in [2.75, 3.05) is 0 Å². The van der Waals surface area contributed by atoms with Gasteiger partial charge in [-0.25, -0.2) is 0 Å². The Morgan fingerprint density at radius 3 is 1.67 bits per heavy atom. The highest BCUT2D eigenvalue weighted by Gasteiger charge is 2.32. The quantitative estimate of drug-likeness (QED) is 0.538. The molecule has 0 unspecified atom stereocenters. The van der Waals surface area contributed by atoms with Gasteiger partial charge in [0.1, 0.15) is 9.55 Å². The van der Waals surface area contributed by atoms with Crippen LogP contribution in [0.1, 0.15) is 6.42 Å². The van der Waals surface area contributed by atoms with E-state index in [4.69, 9.17) is 33.2 Å². The molecule has 0 atom stereocenters. The molecule has 0 aliphatic rings. The highest BCUT2D eigenvalue weighted by atomic mass is 35.7. The molecule has 0 aromatic rings. The summed E-state index contributed by atoms with van der Waals surface area (Å²) in [6, 6.07) is -0.125.